The Morgan fingerprint density at radius 3 is 2.10 bits per heavy atom. The number of ether oxygens (including phenoxy) is 1. The third kappa shape index (κ3) is 6.33. The lowest BCUT2D eigenvalue weighted by molar-refractivity contribution is -0.142. The second-order valence-electron chi connectivity index (χ2n) is 7.05. The van der Waals surface area contributed by atoms with Crippen LogP contribution in [-0.2, 0) is 22.6 Å². The van der Waals surface area contributed by atoms with Crippen LogP contribution in [-0.4, -0.2) is 36.4 Å². The van der Waals surface area contributed by atoms with Crippen molar-refractivity contribution in [3.63, 3.8) is 0 Å². The van der Waals surface area contributed by atoms with Gasteiger partial charge >= 0.3 is 0 Å². The van der Waals surface area contributed by atoms with Gasteiger partial charge in [0.25, 0.3) is 5.91 Å². The average Bonchev–Trinajstić information content (AvgIpc) is 2.81. The van der Waals surface area contributed by atoms with Gasteiger partial charge in [0.15, 0.2) is 6.61 Å². The fourth-order valence-corrected chi connectivity index (χ4v) is 3.48. The normalized spacial score (nSPS) is 11.4. The van der Waals surface area contributed by atoms with Gasteiger partial charge in [-0.2, -0.15) is 0 Å². The molecule has 2 amide bonds. The highest BCUT2D eigenvalue weighted by Crippen LogP contribution is 2.23. The van der Waals surface area contributed by atoms with E-state index in [1.807, 2.05) is 60.7 Å². The van der Waals surface area contributed by atoms with E-state index in [4.69, 9.17) is 16.3 Å². The molecule has 0 radical (unpaired) electrons. The molecule has 0 heterocycles. The highest BCUT2D eigenvalue weighted by atomic mass is 35.5. The number of nitrogens with one attached hydrogen (secondary N) is 1. The van der Waals surface area contributed by atoms with Gasteiger partial charge in [0.2, 0.25) is 5.91 Å². The van der Waals surface area contributed by atoms with E-state index in [0.717, 1.165) is 11.1 Å². The Kier molecular flexibility index (Phi) is 8.07. The first-order chi connectivity index (χ1) is 15.1. The van der Waals surface area contributed by atoms with Crippen molar-refractivity contribution in [2.45, 2.75) is 19.0 Å². The molecular formula is C25H25ClN2O3. The number of hydrogen-bond acceptors (Lipinski definition) is 3. The number of para-hydroxylation sites is 1. The van der Waals surface area contributed by atoms with Gasteiger partial charge in [-0.05, 0) is 23.3 Å². The molecule has 0 aliphatic heterocycles. The van der Waals surface area contributed by atoms with Crippen LogP contribution in [0, 0.1) is 0 Å². The highest BCUT2D eigenvalue weighted by molar-refractivity contribution is 6.32. The van der Waals surface area contributed by atoms with Gasteiger partial charge in [-0.25, -0.2) is 0 Å². The summed E-state index contributed by atoms with van der Waals surface area (Å²) in [6, 6.07) is 25.5. The van der Waals surface area contributed by atoms with Gasteiger partial charge < -0.3 is 15.0 Å². The predicted molar refractivity (Wildman–Crippen MR) is 122 cm³/mol. The van der Waals surface area contributed by atoms with Crippen molar-refractivity contribution < 1.29 is 14.3 Å². The largest absolute Gasteiger partial charge is 0.482 e. The second kappa shape index (κ2) is 11.2. The van der Waals surface area contributed by atoms with Crippen LogP contribution in [0.15, 0.2) is 84.9 Å². The Balaban J connectivity index is 1.86. The third-order valence-electron chi connectivity index (χ3n) is 4.90. The SMILES string of the molecule is CNC(=O)[C@@H](Cc1ccccc1)N(Cc1ccccc1)C(=O)COc1ccccc1Cl. The van der Waals surface area contributed by atoms with Crippen LogP contribution in [0.5, 0.6) is 5.75 Å². The van der Waals surface area contributed by atoms with Crippen molar-refractivity contribution in [1.29, 1.82) is 0 Å². The van der Waals surface area contributed by atoms with Crippen LogP contribution in [0.25, 0.3) is 0 Å². The summed E-state index contributed by atoms with van der Waals surface area (Å²) in [5.41, 5.74) is 1.89. The smallest absolute Gasteiger partial charge is 0.261 e. The Hall–Kier alpha value is -3.31. The molecule has 160 valence electrons. The summed E-state index contributed by atoms with van der Waals surface area (Å²) in [6.45, 7) is 0.0648. The number of benzene rings is 3. The molecular weight excluding hydrogens is 412 g/mol. The van der Waals surface area contributed by atoms with Gasteiger partial charge in [0.1, 0.15) is 11.8 Å². The van der Waals surface area contributed by atoms with Crippen molar-refractivity contribution in [1.82, 2.24) is 10.2 Å². The van der Waals surface area contributed by atoms with Crippen LogP contribution in [0.1, 0.15) is 11.1 Å². The lowest BCUT2D eigenvalue weighted by Crippen LogP contribution is -2.51. The monoisotopic (exact) mass is 436 g/mol. The Bertz CT molecular complexity index is 996. The third-order valence-corrected chi connectivity index (χ3v) is 5.21. The van der Waals surface area contributed by atoms with Gasteiger partial charge in [-0.15, -0.1) is 0 Å². The summed E-state index contributed by atoms with van der Waals surface area (Å²) in [5, 5.41) is 3.12. The molecule has 1 atom stereocenters. The first-order valence-electron chi connectivity index (χ1n) is 10.0. The molecule has 3 aromatic rings. The fraction of sp³-hybridized carbons (Fsp3) is 0.200. The van der Waals surface area contributed by atoms with E-state index >= 15 is 0 Å². The topological polar surface area (TPSA) is 58.6 Å². The molecule has 0 unspecified atom stereocenters. The van der Waals surface area contributed by atoms with Crippen LogP contribution in [0.4, 0.5) is 0 Å². The highest BCUT2D eigenvalue weighted by Gasteiger charge is 2.30. The summed E-state index contributed by atoms with van der Waals surface area (Å²) < 4.78 is 5.68. The number of likely N-dealkylation sites (N-methyl/N-ethyl adjacent to an activating group) is 1. The van der Waals surface area contributed by atoms with E-state index in [0.29, 0.717) is 17.2 Å². The Morgan fingerprint density at radius 2 is 1.48 bits per heavy atom. The molecule has 3 rings (SSSR count). The van der Waals surface area contributed by atoms with E-state index in [2.05, 4.69) is 5.32 Å². The van der Waals surface area contributed by atoms with E-state index in [9.17, 15) is 9.59 Å². The fourth-order valence-electron chi connectivity index (χ4n) is 3.28. The molecule has 0 saturated carbocycles. The van der Waals surface area contributed by atoms with Crippen molar-refractivity contribution >= 4 is 23.4 Å². The second-order valence-corrected chi connectivity index (χ2v) is 7.45. The molecule has 0 aliphatic carbocycles. The molecule has 0 fully saturated rings. The lowest BCUT2D eigenvalue weighted by atomic mass is 10.0. The number of nitrogens with zero attached hydrogens (tertiary/aromatic N) is 1. The van der Waals surface area contributed by atoms with Gasteiger partial charge in [-0.3, -0.25) is 9.59 Å². The molecule has 0 bridgehead atoms. The first kappa shape index (κ1) is 22.4. The van der Waals surface area contributed by atoms with Crippen molar-refractivity contribution in [2.75, 3.05) is 13.7 Å². The minimum absolute atomic E-state index is 0.223. The van der Waals surface area contributed by atoms with Crippen molar-refractivity contribution in [3.8, 4) is 5.75 Å². The molecule has 0 aliphatic rings. The number of carbonyl (C=O) groups excluding carboxylic acids is 2. The maximum Gasteiger partial charge on any atom is 0.261 e. The van der Waals surface area contributed by atoms with Gasteiger partial charge in [-0.1, -0.05) is 84.4 Å². The molecule has 3 aromatic carbocycles. The van der Waals surface area contributed by atoms with Crippen LogP contribution >= 0.6 is 11.6 Å². The molecule has 1 N–H and O–H groups in total. The Labute approximate surface area is 187 Å². The molecule has 0 aromatic heterocycles. The summed E-state index contributed by atoms with van der Waals surface area (Å²) in [7, 11) is 1.58. The average molecular weight is 437 g/mol. The zero-order valence-corrected chi connectivity index (χ0v) is 18.1. The summed E-state index contributed by atoms with van der Waals surface area (Å²) in [4.78, 5) is 27.6. The van der Waals surface area contributed by atoms with Gasteiger partial charge in [0, 0.05) is 20.0 Å². The summed E-state index contributed by atoms with van der Waals surface area (Å²) in [6.07, 6.45) is 0.394. The van der Waals surface area contributed by atoms with Gasteiger partial charge in [0.05, 0.1) is 5.02 Å². The maximum atomic E-state index is 13.3. The molecule has 31 heavy (non-hydrogen) atoms. The van der Waals surface area contributed by atoms with E-state index in [1.165, 1.54) is 0 Å². The first-order valence-corrected chi connectivity index (χ1v) is 10.4. The van der Waals surface area contributed by atoms with E-state index in [1.54, 1.807) is 36.2 Å². The number of rotatable bonds is 9. The minimum Gasteiger partial charge on any atom is -0.482 e. The molecule has 0 saturated heterocycles. The van der Waals surface area contributed by atoms with Crippen LogP contribution in [0.3, 0.4) is 0 Å². The molecule has 5 nitrogen and oxygen atoms in total. The summed E-state index contributed by atoms with van der Waals surface area (Å²) >= 11 is 6.15. The zero-order valence-electron chi connectivity index (χ0n) is 17.3. The predicted octanol–water partition coefficient (Wildman–Crippen LogP) is 4.10. The molecule has 0 spiro atoms. The maximum absolute atomic E-state index is 13.3. The zero-order chi connectivity index (χ0) is 22.1. The Morgan fingerprint density at radius 1 is 0.903 bits per heavy atom. The number of hydrogen-bond donors (Lipinski definition) is 1. The quantitative estimate of drug-likeness (QED) is 0.549. The van der Waals surface area contributed by atoms with E-state index < -0.39 is 6.04 Å². The van der Waals surface area contributed by atoms with Crippen molar-refractivity contribution in [3.05, 3.63) is 101 Å². The van der Waals surface area contributed by atoms with Crippen LogP contribution in [0.2, 0.25) is 5.02 Å². The van der Waals surface area contributed by atoms with E-state index in [-0.39, 0.29) is 25.0 Å². The number of carbonyl (C=O) groups is 2. The number of halogens is 1. The van der Waals surface area contributed by atoms with Crippen molar-refractivity contribution in [2.24, 2.45) is 0 Å². The standard InChI is InChI=1S/C25H25ClN2O3/c1-27-25(30)22(16-19-10-4-2-5-11-19)28(17-20-12-6-3-7-13-20)24(29)18-31-23-15-9-8-14-21(23)26/h2-15,22H,16-18H2,1H3,(H,27,30)/t22-/m1/s1. The number of amides is 2. The summed E-state index contributed by atoms with van der Waals surface area (Å²) in [5.74, 6) is -0.101. The lowest BCUT2D eigenvalue weighted by Gasteiger charge is -2.31. The minimum atomic E-state index is -0.685. The van der Waals surface area contributed by atoms with Crippen LogP contribution < -0.4 is 10.1 Å². The molecule has 6 heteroatoms.